The Bertz CT molecular complexity index is 468. The fraction of sp³-hybridized carbons (Fsp3) is 0.429. The summed E-state index contributed by atoms with van der Waals surface area (Å²) in [5, 5.41) is 3.40. The predicted octanol–water partition coefficient (Wildman–Crippen LogP) is 2.18. The molecular formula is C14H18N2O3. The van der Waals surface area contributed by atoms with Gasteiger partial charge in [-0.2, -0.15) is 0 Å². The van der Waals surface area contributed by atoms with Crippen molar-refractivity contribution in [3.05, 3.63) is 35.4 Å². The Morgan fingerprint density at radius 3 is 2.53 bits per heavy atom. The Labute approximate surface area is 112 Å². The van der Waals surface area contributed by atoms with E-state index in [0.29, 0.717) is 19.1 Å². The molecule has 102 valence electrons. The van der Waals surface area contributed by atoms with Gasteiger partial charge < -0.3 is 0 Å². The summed E-state index contributed by atoms with van der Waals surface area (Å²) >= 11 is 0. The van der Waals surface area contributed by atoms with Gasteiger partial charge in [0, 0.05) is 6.42 Å². The second-order valence-electron chi connectivity index (χ2n) is 4.88. The van der Waals surface area contributed by atoms with E-state index in [9.17, 15) is 9.59 Å². The first-order chi connectivity index (χ1) is 9.06. The molecule has 3 amide bonds. The van der Waals surface area contributed by atoms with Gasteiger partial charge in [0.2, 0.25) is 5.91 Å². The predicted molar refractivity (Wildman–Crippen MR) is 70.2 cm³/mol. The summed E-state index contributed by atoms with van der Waals surface area (Å²) in [6.45, 7) is 4.90. The number of carbonyl (C=O) groups is 2. The summed E-state index contributed by atoms with van der Waals surface area (Å²) in [6.07, 6.45) is 0.276. The molecule has 0 atom stereocenters. The van der Waals surface area contributed by atoms with Crippen LogP contribution in [0.5, 0.6) is 0 Å². The Kier molecular flexibility index (Phi) is 4.16. The van der Waals surface area contributed by atoms with Crippen LogP contribution >= 0.6 is 0 Å². The fourth-order valence-electron chi connectivity index (χ4n) is 1.82. The van der Waals surface area contributed by atoms with Gasteiger partial charge >= 0.3 is 6.03 Å². The van der Waals surface area contributed by atoms with E-state index in [0.717, 1.165) is 5.56 Å². The summed E-state index contributed by atoms with van der Waals surface area (Å²) in [7, 11) is 0. The van der Waals surface area contributed by atoms with Crippen molar-refractivity contribution in [3.63, 3.8) is 0 Å². The van der Waals surface area contributed by atoms with E-state index in [-0.39, 0.29) is 12.3 Å². The molecule has 0 aliphatic carbocycles. The average Bonchev–Trinajstić information content (AvgIpc) is 2.38. The lowest BCUT2D eigenvalue weighted by Crippen LogP contribution is -2.49. The van der Waals surface area contributed by atoms with E-state index in [1.165, 1.54) is 10.6 Å². The molecule has 1 fully saturated rings. The molecule has 1 aliphatic heterocycles. The number of hydrogen-bond donors (Lipinski definition) is 1. The molecule has 5 nitrogen and oxygen atoms in total. The van der Waals surface area contributed by atoms with E-state index in [1.54, 1.807) is 0 Å². The zero-order valence-corrected chi connectivity index (χ0v) is 11.2. The smallest absolute Gasteiger partial charge is 0.276 e. The lowest BCUT2D eigenvalue weighted by molar-refractivity contribution is -0.147. The van der Waals surface area contributed by atoms with Gasteiger partial charge in [-0.15, -0.1) is 0 Å². The molecule has 1 aromatic carbocycles. The van der Waals surface area contributed by atoms with Crippen LogP contribution in [0.15, 0.2) is 24.3 Å². The van der Waals surface area contributed by atoms with Crippen LogP contribution in [0.1, 0.15) is 37.3 Å². The van der Waals surface area contributed by atoms with Crippen LogP contribution in [0.4, 0.5) is 4.79 Å². The van der Waals surface area contributed by atoms with Crippen LogP contribution in [0.3, 0.4) is 0 Å². The molecule has 0 aromatic heterocycles. The van der Waals surface area contributed by atoms with Crippen LogP contribution in [-0.4, -0.2) is 23.5 Å². The van der Waals surface area contributed by atoms with Gasteiger partial charge in [0.1, 0.15) is 6.61 Å². The number of hydroxylamine groups is 2. The Morgan fingerprint density at radius 1 is 1.26 bits per heavy atom. The number of hydrogen-bond acceptors (Lipinski definition) is 3. The van der Waals surface area contributed by atoms with Crippen molar-refractivity contribution in [2.45, 2.75) is 32.8 Å². The van der Waals surface area contributed by atoms with Gasteiger partial charge in [0.05, 0.1) is 6.54 Å². The highest BCUT2D eigenvalue weighted by molar-refractivity contribution is 5.96. The average molecular weight is 262 g/mol. The van der Waals surface area contributed by atoms with E-state index >= 15 is 0 Å². The van der Waals surface area contributed by atoms with Crippen molar-refractivity contribution in [2.75, 3.05) is 6.54 Å². The molecule has 0 saturated carbocycles. The first-order valence-corrected chi connectivity index (χ1v) is 6.39. The molecule has 1 N–H and O–H groups in total. The zero-order chi connectivity index (χ0) is 13.8. The standard InChI is InChI=1S/C14H18N2O3/c1-10(2)12-5-3-11(4-6-12)9-19-16-8-7-13(17)15-14(16)18/h3-6,10H,7-9H2,1-2H3,(H,15,17,18). The second-order valence-corrected chi connectivity index (χ2v) is 4.88. The SMILES string of the molecule is CC(C)c1ccc(CON2CCC(=O)NC2=O)cc1. The molecule has 0 radical (unpaired) electrons. The molecule has 1 aliphatic rings. The third-order valence-electron chi connectivity index (χ3n) is 3.05. The lowest BCUT2D eigenvalue weighted by Gasteiger charge is -2.25. The first kappa shape index (κ1) is 13.5. The molecule has 1 saturated heterocycles. The number of carbonyl (C=O) groups excluding carboxylic acids is 2. The van der Waals surface area contributed by atoms with E-state index in [4.69, 9.17) is 4.84 Å². The van der Waals surface area contributed by atoms with Crippen LogP contribution in [0.2, 0.25) is 0 Å². The zero-order valence-electron chi connectivity index (χ0n) is 11.2. The number of nitrogens with one attached hydrogen (secondary N) is 1. The van der Waals surface area contributed by atoms with Crippen molar-refractivity contribution in [3.8, 4) is 0 Å². The molecule has 0 spiro atoms. The third-order valence-corrected chi connectivity index (χ3v) is 3.05. The lowest BCUT2D eigenvalue weighted by atomic mass is 10.0. The quantitative estimate of drug-likeness (QED) is 0.904. The number of nitrogens with zero attached hydrogens (tertiary/aromatic N) is 1. The summed E-state index contributed by atoms with van der Waals surface area (Å²) in [4.78, 5) is 27.8. The molecule has 19 heavy (non-hydrogen) atoms. The molecule has 0 bridgehead atoms. The highest BCUT2D eigenvalue weighted by Gasteiger charge is 2.23. The Balaban J connectivity index is 1.88. The topological polar surface area (TPSA) is 58.6 Å². The van der Waals surface area contributed by atoms with Gasteiger partial charge in [-0.05, 0) is 17.0 Å². The van der Waals surface area contributed by atoms with Crippen LogP contribution in [0, 0.1) is 0 Å². The second kappa shape index (κ2) is 5.84. The number of amides is 3. The summed E-state index contributed by atoms with van der Waals surface area (Å²) < 4.78 is 0. The summed E-state index contributed by atoms with van der Waals surface area (Å²) in [6, 6.07) is 7.60. The van der Waals surface area contributed by atoms with Crippen LogP contribution in [-0.2, 0) is 16.2 Å². The van der Waals surface area contributed by atoms with Crippen molar-refractivity contribution in [1.29, 1.82) is 0 Å². The molecular weight excluding hydrogens is 244 g/mol. The van der Waals surface area contributed by atoms with Gasteiger partial charge in [0.15, 0.2) is 0 Å². The number of benzene rings is 1. The molecule has 5 heteroatoms. The minimum absolute atomic E-state index is 0.258. The van der Waals surface area contributed by atoms with Crippen LogP contribution < -0.4 is 5.32 Å². The number of rotatable bonds is 4. The maximum Gasteiger partial charge on any atom is 0.347 e. The monoisotopic (exact) mass is 262 g/mol. The van der Waals surface area contributed by atoms with E-state index in [1.807, 2.05) is 12.1 Å². The normalized spacial score (nSPS) is 15.8. The molecule has 0 unspecified atom stereocenters. The first-order valence-electron chi connectivity index (χ1n) is 6.39. The van der Waals surface area contributed by atoms with Gasteiger partial charge in [-0.3, -0.25) is 14.9 Å². The highest BCUT2D eigenvalue weighted by Crippen LogP contribution is 2.15. The van der Waals surface area contributed by atoms with Crippen molar-refractivity contribution in [2.24, 2.45) is 0 Å². The Hall–Kier alpha value is -1.88. The maximum atomic E-state index is 11.4. The largest absolute Gasteiger partial charge is 0.347 e. The van der Waals surface area contributed by atoms with Gasteiger partial charge in [-0.1, -0.05) is 38.1 Å². The maximum absolute atomic E-state index is 11.4. The fourth-order valence-corrected chi connectivity index (χ4v) is 1.82. The Morgan fingerprint density at radius 2 is 1.95 bits per heavy atom. The van der Waals surface area contributed by atoms with Gasteiger partial charge in [0.25, 0.3) is 0 Å². The highest BCUT2D eigenvalue weighted by atomic mass is 16.7. The van der Waals surface area contributed by atoms with Crippen molar-refractivity contribution < 1.29 is 14.4 Å². The molecule has 1 aromatic rings. The third kappa shape index (κ3) is 3.54. The van der Waals surface area contributed by atoms with E-state index < -0.39 is 6.03 Å². The molecule has 1 heterocycles. The van der Waals surface area contributed by atoms with Crippen molar-refractivity contribution in [1.82, 2.24) is 10.4 Å². The summed E-state index contributed by atoms with van der Waals surface area (Å²) in [5.41, 5.74) is 2.26. The van der Waals surface area contributed by atoms with Gasteiger partial charge in [-0.25, -0.2) is 9.86 Å². The van der Waals surface area contributed by atoms with E-state index in [2.05, 4.69) is 31.3 Å². The minimum atomic E-state index is -0.491. The summed E-state index contributed by atoms with van der Waals surface area (Å²) in [5.74, 6) is 0.236. The van der Waals surface area contributed by atoms with Crippen LogP contribution in [0.25, 0.3) is 0 Å². The number of imide groups is 1. The molecule has 2 rings (SSSR count). The number of urea groups is 1. The minimum Gasteiger partial charge on any atom is -0.276 e. The van der Waals surface area contributed by atoms with Crippen molar-refractivity contribution >= 4 is 11.9 Å².